The van der Waals surface area contributed by atoms with Crippen LogP contribution in [0.15, 0.2) is 18.2 Å². The Morgan fingerprint density at radius 2 is 2.04 bits per heavy atom. The zero-order valence-electron chi connectivity index (χ0n) is 14.2. The van der Waals surface area contributed by atoms with Crippen LogP contribution in [0.2, 0.25) is 0 Å². The van der Waals surface area contributed by atoms with Crippen LogP contribution in [0, 0.1) is 11.8 Å². The van der Waals surface area contributed by atoms with Crippen molar-refractivity contribution < 1.29 is 19.1 Å². The second-order valence-electron chi connectivity index (χ2n) is 6.79. The van der Waals surface area contributed by atoms with Gasteiger partial charge >= 0.3 is 0 Å². The summed E-state index contributed by atoms with van der Waals surface area (Å²) in [5.74, 6) is 1.38. The van der Waals surface area contributed by atoms with E-state index in [0.29, 0.717) is 49.4 Å². The quantitative estimate of drug-likeness (QED) is 0.918. The van der Waals surface area contributed by atoms with E-state index < -0.39 is 0 Å². The van der Waals surface area contributed by atoms with Crippen LogP contribution in [0.25, 0.3) is 0 Å². The maximum absolute atomic E-state index is 12.5. The second-order valence-corrected chi connectivity index (χ2v) is 6.79. The van der Waals surface area contributed by atoms with Crippen molar-refractivity contribution >= 4 is 17.5 Å². The van der Waals surface area contributed by atoms with Crippen molar-refractivity contribution in [3.8, 4) is 11.5 Å². The van der Waals surface area contributed by atoms with Gasteiger partial charge in [0, 0.05) is 37.7 Å². The zero-order valence-corrected chi connectivity index (χ0v) is 14.2. The Bertz CT molecular complexity index is 629. The number of anilines is 1. The Morgan fingerprint density at radius 3 is 2.79 bits per heavy atom. The SMILES string of the molecule is CC(C)CN1C[C@H](C(=O)Nc2ccc3c(c2)OCCCO3)CC1=O. The molecule has 1 saturated heterocycles. The minimum Gasteiger partial charge on any atom is -0.490 e. The van der Waals surface area contributed by atoms with E-state index in [1.807, 2.05) is 0 Å². The van der Waals surface area contributed by atoms with Crippen molar-refractivity contribution in [2.75, 3.05) is 31.6 Å². The molecule has 6 heteroatoms. The van der Waals surface area contributed by atoms with Crippen LogP contribution in [-0.4, -0.2) is 43.0 Å². The molecule has 2 heterocycles. The minimum absolute atomic E-state index is 0.0579. The molecule has 3 rings (SSSR count). The molecule has 0 bridgehead atoms. The highest BCUT2D eigenvalue weighted by Crippen LogP contribution is 2.32. The fraction of sp³-hybridized carbons (Fsp3) is 0.556. The fourth-order valence-corrected chi connectivity index (χ4v) is 3.05. The van der Waals surface area contributed by atoms with Gasteiger partial charge in [-0.2, -0.15) is 0 Å². The Balaban J connectivity index is 1.63. The van der Waals surface area contributed by atoms with Crippen molar-refractivity contribution in [3.63, 3.8) is 0 Å². The normalized spacial score (nSPS) is 20.2. The highest BCUT2D eigenvalue weighted by Gasteiger charge is 2.34. The molecule has 0 spiro atoms. The molecule has 0 aromatic heterocycles. The molecule has 6 nitrogen and oxygen atoms in total. The maximum atomic E-state index is 12.5. The Hall–Kier alpha value is -2.24. The van der Waals surface area contributed by atoms with Gasteiger partial charge in [0.15, 0.2) is 11.5 Å². The lowest BCUT2D eigenvalue weighted by atomic mass is 10.1. The highest BCUT2D eigenvalue weighted by molar-refractivity contribution is 5.97. The number of amides is 2. The standard InChI is InChI=1S/C18H24N2O4/c1-12(2)10-20-11-13(8-17(20)21)18(22)19-14-4-5-15-16(9-14)24-7-3-6-23-15/h4-5,9,12-13H,3,6-8,10-11H2,1-2H3,(H,19,22)/t13-/m1/s1. The lowest BCUT2D eigenvalue weighted by molar-refractivity contribution is -0.128. The van der Waals surface area contributed by atoms with Crippen molar-refractivity contribution in [1.82, 2.24) is 4.90 Å². The molecule has 0 aliphatic carbocycles. The van der Waals surface area contributed by atoms with E-state index >= 15 is 0 Å². The van der Waals surface area contributed by atoms with Crippen LogP contribution < -0.4 is 14.8 Å². The molecule has 1 aromatic carbocycles. The molecule has 1 fully saturated rings. The Kier molecular flexibility index (Phi) is 4.92. The number of nitrogens with one attached hydrogen (secondary N) is 1. The lowest BCUT2D eigenvalue weighted by Crippen LogP contribution is -2.31. The van der Waals surface area contributed by atoms with Gasteiger partial charge in [0.2, 0.25) is 11.8 Å². The first-order chi connectivity index (χ1) is 11.5. The third-order valence-corrected chi connectivity index (χ3v) is 4.19. The van der Waals surface area contributed by atoms with Crippen LogP contribution in [0.5, 0.6) is 11.5 Å². The van der Waals surface area contributed by atoms with Gasteiger partial charge in [-0.25, -0.2) is 0 Å². The van der Waals surface area contributed by atoms with E-state index in [0.717, 1.165) is 6.42 Å². The van der Waals surface area contributed by atoms with Crippen LogP contribution in [-0.2, 0) is 9.59 Å². The number of likely N-dealkylation sites (tertiary alicyclic amines) is 1. The number of benzene rings is 1. The first kappa shape index (κ1) is 16.6. The van der Waals surface area contributed by atoms with E-state index in [1.165, 1.54) is 0 Å². The third kappa shape index (κ3) is 3.80. The largest absolute Gasteiger partial charge is 0.490 e. The molecule has 1 N–H and O–H groups in total. The molecule has 130 valence electrons. The number of hydrogen-bond donors (Lipinski definition) is 1. The van der Waals surface area contributed by atoms with Gasteiger partial charge in [0.25, 0.3) is 0 Å². The van der Waals surface area contributed by atoms with Crippen LogP contribution in [0.4, 0.5) is 5.69 Å². The summed E-state index contributed by atoms with van der Waals surface area (Å²) < 4.78 is 11.2. The van der Waals surface area contributed by atoms with Crippen LogP contribution >= 0.6 is 0 Å². The molecule has 1 atom stereocenters. The van der Waals surface area contributed by atoms with Gasteiger partial charge < -0.3 is 19.7 Å². The van der Waals surface area contributed by atoms with Crippen LogP contribution in [0.3, 0.4) is 0 Å². The number of fused-ring (bicyclic) bond motifs is 1. The average molecular weight is 332 g/mol. The molecule has 24 heavy (non-hydrogen) atoms. The smallest absolute Gasteiger partial charge is 0.229 e. The monoisotopic (exact) mass is 332 g/mol. The predicted octanol–water partition coefficient (Wildman–Crippen LogP) is 2.29. The van der Waals surface area contributed by atoms with E-state index in [-0.39, 0.29) is 24.2 Å². The summed E-state index contributed by atoms with van der Waals surface area (Å²) in [6.45, 7) is 6.57. The molecule has 2 aliphatic rings. The number of carbonyl (C=O) groups excluding carboxylic acids is 2. The van der Waals surface area contributed by atoms with Gasteiger partial charge in [-0.3, -0.25) is 9.59 Å². The average Bonchev–Trinajstić information content (AvgIpc) is 2.75. The zero-order chi connectivity index (χ0) is 17.1. The second kappa shape index (κ2) is 7.11. The molecule has 2 aliphatic heterocycles. The topological polar surface area (TPSA) is 67.9 Å². The molecule has 1 aromatic rings. The summed E-state index contributed by atoms with van der Waals surface area (Å²) in [7, 11) is 0. The van der Waals surface area contributed by atoms with Crippen molar-refractivity contribution in [1.29, 1.82) is 0 Å². The summed E-state index contributed by atoms with van der Waals surface area (Å²) in [5, 5.41) is 2.90. The number of hydrogen-bond acceptors (Lipinski definition) is 4. The number of ether oxygens (including phenoxy) is 2. The maximum Gasteiger partial charge on any atom is 0.229 e. The van der Waals surface area contributed by atoms with Gasteiger partial charge in [-0.05, 0) is 18.1 Å². The Morgan fingerprint density at radius 1 is 1.29 bits per heavy atom. The Labute approximate surface area is 142 Å². The number of rotatable bonds is 4. The first-order valence-electron chi connectivity index (χ1n) is 8.51. The lowest BCUT2D eigenvalue weighted by Gasteiger charge is -2.18. The summed E-state index contributed by atoms with van der Waals surface area (Å²) in [4.78, 5) is 26.3. The first-order valence-corrected chi connectivity index (χ1v) is 8.51. The summed E-state index contributed by atoms with van der Waals surface area (Å²) in [6.07, 6.45) is 1.12. The van der Waals surface area contributed by atoms with Gasteiger partial charge in [-0.15, -0.1) is 0 Å². The summed E-state index contributed by atoms with van der Waals surface area (Å²) >= 11 is 0. The van der Waals surface area contributed by atoms with E-state index in [1.54, 1.807) is 23.1 Å². The fourth-order valence-electron chi connectivity index (χ4n) is 3.05. The molecule has 0 unspecified atom stereocenters. The van der Waals surface area contributed by atoms with E-state index in [4.69, 9.17) is 9.47 Å². The molecule has 0 saturated carbocycles. The summed E-state index contributed by atoms with van der Waals surface area (Å²) in [6, 6.07) is 5.39. The summed E-state index contributed by atoms with van der Waals surface area (Å²) in [5.41, 5.74) is 0.666. The third-order valence-electron chi connectivity index (χ3n) is 4.19. The van der Waals surface area contributed by atoms with Crippen LogP contribution in [0.1, 0.15) is 26.7 Å². The van der Waals surface area contributed by atoms with Gasteiger partial charge in [0.05, 0.1) is 19.1 Å². The van der Waals surface area contributed by atoms with E-state index in [2.05, 4.69) is 19.2 Å². The highest BCUT2D eigenvalue weighted by atomic mass is 16.5. The molecule has 2 amide bonds. The number of nitrogens with zero attached hydrogens (tertiary/aromatic N) is 1. The predicted molar refractivity (Wildman–Crippen MR) is 90.2 cm³/mol. The van der Waals surface area contributed by atoms with E-state index in [9.17, 15) is 9.59 Å². The molecular weight excluding hydrogens is 308 g/mol. The number of carbonyl (C=O) groups is 2. The van der Waals surface area contributed by atoms with Gasteiger partial charge in [0.1, 0.15) is 0 Å². The van der Waals surface area contributed by atoms with Crippen molar-refractivity contribution in [2.45, 2.75) is 26.7 Å². The van der Waals surface area contributed by atoms with Crippen molar-refractivity contribution in [2.24, 2.45) is 11.8 Å². The minimum atomic E-state index is -0.299. The molecular formula is C18H24N2O4. The molecule has 0 radical (unpaired) electrons. The van der Waals surface area contributed by atoms with Crippen molar-refractivity contribution in [3.05, 3.63) is 18.2 Å². The van der Waals surface area contributed by atoms with Gasteiger partial charge in [-0.1, -0.05) is 13.8 Å².